The Morgan fingerprint density at radius 1 is 0.973 bits per heavy atom. The molecule has 208 valence electrons. The van der Waals surface area contributed by atoms with Crippen LogP contribution in [0, 0.1) is 0 Å². The van der Waals surface area contributed by atoms with Crippen LogP contribution in [0.25, 0.3) is 0 Å². The first kappa shape index (κ1) is 36.6. The van der Waals surface area contributed by atoms with Crippen LogP contribution >= 0.6 is 11.3 Å². The van der Waals surface area contributed by atoms with Crippen molar-refractivity contribution in [1.29, 1.82) is 0 Å². The summed E-state index contributed by atoms with van der Waals surface area (Å²) in [6.07, 6.45) is 12.2. The van der Waals surface area contributed by atoms with Gasteiger partial charge < -0.3 is 10.2 Å². The van der Waals surface area contributed by atoms with Crippen LogP contribution < -0.4 is 0 Å². The Labute approximate surface area is 232 Å². The monoisotopic (exact) mass is 527 g/mol. The largest absolute Gasteiger partial charge is 0.512 e. The Hall–Kier alpha value is -2.59. The van der Waals surface area contributed by atoms with Crippen LogP contribution in [0.2, 0.25) is 0 Å². The topological polar surface area (TPSA) is 52.8 Å². The molecule has 1 aromatic heterocycles. The lowest BCUT2D eigenvalue weighted by molar-refractivity contribution is 0.407. The van der Waals surface area contributed by atoms with Crippen molar-refractivity contribution in [2.45, 2.75) is 107 Å². The van der Waals surface area contributed by atoms with Gasteiger partial charge in [0.05, 0.1) is 0 Å². The van der Waals surface area contributed by atoms with E-state index in [-0.39, 0.29) is 0 Å². The van der Waals surface area contributed by atoms with Crippen molar-refractivity contribution in [3.8, 4) is 0 Å². The highest BCUT2D eigenvalue weighted by Gasteiger charge is 1.98. The summed E-state index contributed by atoms with van der Waals surface area (Å²) < 4.78 is 0. The molecule has 0 saturated heterocycles. The maximum Gasteiger partial charge on any atom is 0.113 e. The predicted octanol–water partition coefficient (Wildman–Crippen LogP) is 11.2. The lowest BCUT2D eigenvalue weighted by Crippen LogP contribution is -1.90. The van der Waals surface area contributed by atoms with Crippen molar-refractivity contribution in [2.75, 3.05) is 0 Å². The second-order valence-corrected chi connectivity index (χ2v) is 9.85. The first-order valence-corrected chi connectivity index (χ1v) is 14.6. The molecule has 0 atom stereocenters. The zero-order valence-corrected chi connectivity index (χ0v) is 25.7. The van der Waals surface area contributed by atoms with Crippen molar-refractivity contribution in [3.05, 3.63) is 93.7 Å². The minimum Gasteiger partial charge on any atom is -0.512 e. The third kappa shape index (κ3) is 20.2. The number of aliphatic imine (C=N–C) groups is 1. The van der Waals surface area contributed by atoms with Crippen molar-refractivity contribution in [1.82, 2.24) is 0 Å². The molecule has 0 spiro atoms. The van der Waals surface area contributed by atoms with E-state index in [1.165, 1.54) is 45.7 Å². The van der Waals surface area contributed by atoms with Gasteiger partial charge in [0.2, 0.25) is 0 Å². The Kier molecular flexibility index (Phi) is 24.8. The van der Waals surface area contributed by atoms with Crippen molar-refractivity contribution in [2.24, 2.45) is 4.99 Å². The summed E-state index contributed by atoms with van der Waals surface area (Å²) in [7, 11) is 0. The summed E-state index contributed by atoms with van der Waals surface area (Å²) in [5, 5.41) is 17.0. The first-order chi connectivity index (χ1) is 17.8. The normalized spacial score (nSPS) is 11.8. The number of allylic oxidation sites excluding steroid dienone is 3. The van der Waals surface area contributed by atoms with Gasteiger partial charge in [-0.15, -0.1) is 11.3 Å². The van der Waals surface area contributed by atoms with E-state index in [1.54, 1.807) is 0 Å². The first-order valence-electron chi connectivity index (χ1n) is 13.7. The number of aryl methyl sites for hydroxylation is 1. The lowest BCUT2D eigenvalue weighted by atomic mass is 10.0. The molecule has 2 rings (SSSR count). The highest BCUT2D eigenvalue weighted by atomic mass is 32.1. The average molecular weight is 528 g/mol. The summed E-state index contributed by atoms with van der Waals surface area (Å²) in [6, 6.07) is 13.2. The van der Waals surface area contributed by atoms with E-state index in [0.29, 0.717) is 18.4 Å². The van der Waals surface area contributed by atoms with Crippen LogP contribution in [0.1, 0.15) is 110 Å². The summed E-state index contributed by atoms with van der Waals surface area (Å²) in [5.74, 6) is 0.654. The molecule has 4 heteroatoms. The quantitative estimate of drug-likeness (QED) is 0.183. The molecule has 37 heavy (non-hydrogen) atoms. The summed E-state index contributed by atoms with van der Waals surface area (Å²) in [4.78, 5) is 6.02. The highest BCUT2D eigenvalue weighted by molar-refractivity contribution is 7.09. The molecule has 0 fully saturated rings. The van der Waals surface area contributed by atoms with Crippen LogP contribution in [0.3, 0.4) is 0 Å². The zero-order chi connectivity index (χ0) is 28.5. The van der Waals surface area contributed by atoms with E-state index >= 15 is 0 Å². The zero-order valence-electron chi connectivity index (χ0n) is 24.9. The average Bonchev–Trinajstić information content (AvgIpc) is 3.44. The molecule has 0 unspecified atom stereocenters. The smallest absolute Gasteiger partial charge is 0.113 e. The van der Waals surface area contributed by atoms with Crippen LogP contribution in [0.5, 0.6) is 0 Å². The number of aliphatic hydroxyl groups is 2. The van der Waals surface area contributed by atoms with Gasteiger partial charge in [-0.25, -0.2) is 0 Å². The second kappa shape index (κ2) is 25.1. The minimum absolute atomic E-state index is 0.556. The van der Waals surface area contributed by atoms with Crippen molar-refractivity contribution < 1.29 is 10.2 Å². The molecular weight excluding hydrogens is 474 g/mol. The second-order valence-electron chi connectivity index (χ2n) is 8.82. The van der Waals surface area contributed by atoms with Crippen molar-refractivity contribution in [3.63, 3.8) is 0 Å². The number of nitrogens with zero attached hydrogens (tertiary/aromatic N) is 1. The summed E-state index contributed by atoms with van der Waals surface area (Å²) in [6.45, 7) is 19.4. The molecule has 2 aromatic rings. The van der Waals surface area contributed by atoms with Gasteiger partial charge in [-0.3, -0.25) is 4.99 Å². The number of unbranched alkanes of at least 4 members (excludes halogenated alkanes) is 1. The van der Waals surface area contributed by atoms with E-state index in [4.69, 9.17) is 10.2 Å². The standard InChI is InChI=1S/C18H27NS.C11H16.C2H4O2.C2H6/c1-5-7-9-16(4)19-14-17(6-2)12-15(3)13-18-10-8-11-20-18;1-4-10-5-7-11(8-6-10)9(2)3;3-1-2-4;1-2/h8,10-12,14H,5-7,9,13H2,1-4H3;5-9H,4H2,1-3H3;1-4H;1-2H3/b15-12-,17-14+,19-16?;;2-1-;. The Morgan fingerprint density at radius 2 is 1.59 bits per heavy atom. The van der Waals surface area contributed by atoms with Gasteiger partial charge in [-0.2, -0.15) is 0 Å². The van der Waals surface area contributed by atoms with Gasteiger partial charge in [0.15, 0.2) is 0 Å². The molecule has 0 amide bonds. The van der Waals surface area contributed by atoms with Crippen LogP contribution in [-0.2, 0) is 12.8 Å². The van der Waals surface area contributed by atoms with Crippen LogP contribution in [-0.4, -0.2) is 15.9 Å². The lowest BCUT2D eigenvalue weighted by Gasteiger charge is -2.04. The van der Waals surface area contributed by atoms with Gasteiger partial charge in [-0.1, -0.05) is 96.9 Å². The van der Waals surface area contributed by atoms with Crippen LogP contribution in [0.4, 0.5) is 0 Å². The molecule has 0 aliphatic heterocycles. The molecule has 0 aliphatic rings. The number of rotatable bonds is 10. The fourth-order valence-electron chi connectivity index (χ4n) is 3.11. The number of hydrogen-bond donors (Lipinski definition) is 2. The van der Waals surface area contributed by atoms with E-state index in [1.807, 2.05) is 31.4 Å². The number of aliphatic hydroxyl groups excluding tert-OH is 2. The SMILES string of the molecule is CC.CCCCC(C)=N/C=C(/C=C(/C)Cc1cccs1)CC.CCc1ccc(C(C)C)cc1.O/C=C\O. The fourth-order valence-corrected chi connectivity index (χ4v) is 3.91. The Balaban J connectivity index is 0. The molecule has 1 aromatic carbocycles. The molecule has 2 N–H and O–H groups in total. The predicted molar refractivity (Wildman–Crippen MR) is 168 cm³/mol. The Bertz CT molecular complexity index is 885. The van der Waals surface area contributed by atoms with Gasteiger partial charge >= 0.3 is 0 Å². The molecule has 0 saturated carbocycles. The highest BCUT2D eigenvalue weighted by Crippen LogP contribution is 2.17. The molecule has 1 heterocycles. The molecule has 0 aliphatic carbocycles. The minimum atomic E-state index is 0.556. The molecule has 0 radical (unpaired) electrons. The third-order valence-electron chi connectivity index (χ3n) is 5.34. The van der Waals surface area contributed by atoms with Gasteiger partial charge in [0.25, 0.3) is 0 Å². The van der Waals surface area contributed by atoms with E-state index in [0.717, 1.165) is 25.7 Å². The summed E-state index contributed by atoms with van der Waals surface area (Å²) >= 11 is 1.83. The van der Waals surface area contributed by atoms with Gasteiger partial charge in [-0.05, 0) is 73.6 Å². The third-order valence-corrected chi connectivity index (χ3v) is 6.21. The van der Waals surface area contributed by atoms with Gasteiger partial charge in [0.1, 0.15) is 12.5 Å². The van der Waals surface area contributed by atoms with E-state index in [9.17, 15) is 0 Å². The maximum atomic E-state index is 7.44. The van der Waals surface area contributed by atoms with E-state index < -0.39 is 0 Å². The molecule has 3 nitrogen and oxygen atoms in total. The number of thiophene rings is 1. The summed E-state index contributed by atoms with van der Waals surface area (Å²) in [5.41, 5.74) is 6.82. The Morgan fingerprint density at radius 3 is 2.03 bits per heavy atom. The van der Waals surface area contributed by atoms with Crippen molar-refractivity contribution >= 4 is 17.0 Å². The molecule has 0 bridgehead atoms. The number of benzene rings is 1. The fraction of sp³-hybridized carbons (Fsp3) is 0.485. The maximum absolute atomic E-state index is 7.44. The number of hydrogen-bond acceptors (Lipinski definition) is 4. The molecular formula is C33H53NO2S. The van der Waals surface area contributed by atoms with E-state index in [2.05, 4.69) is 101 Å². The van der Waals surface area contributed by atoms with Gasteiger partial charge in [0, 0.05) is 23.2 Å². The van der Waals surface area contributed by atoms with Crippen LogP contribution in [0.15, 0.2) is 82.7 Å².